The minimum Gasteiger partial charge on any atom is -0.354 e. The van der Waals surface area contributed by atoms with Gasteiger partial charge in [0.2, 0.25) is 0 Å². The maximum Gasteiger partial charge on any atom is 0.296 e. The van der Waals surface area contributed by atoms with Gasteiger partial charge in [-0.1, -0.05) is 17.7 Å². The highest BCUT2D eigenvalue weighted by Gasteiger charge is 2.23. The van der Waals surface area contributed by atoms with Gasteiger partial charge in [0, 0.05) is 21.0 Å². The number of hydrogen-bond donors (Lipinski definition) is 4. The van der Waals surface area contributed by atoms with Crippen LogP contribution < -0.4 is 16.1 Å². The van der Waals surface area contributed by atoms with Gasteiger partial charge in [-0.2, -0.15) is 0 Å². The molecule has 11 heteroatoms. The summed E-state index contributed by atoms with van der Waals surface area (Å²) in [6, 6.07) is 13.7. The molecular weight excluding hydrogens is 530 g/mol. The molecule has 0 aliphatic heterocycles. The SMILES string of the molecule is O=C(NO)c1cc(F)c(Nc2cccc(Nc3ccc(I)cc3Cl)c2)c([N+](=O)[O-])c1. The molecule has 30 heavy (non-hydrogen) atoms. The van der Waals surface area contributed by atoms with Crippen LogP contribution in [-0.2, 0) is 0 Å². The summed E-state index contributed by atoms with van der Waals surface area (Å²) in [5, 5.41) is 26.4. The van der Waals surface area contributed by atoms with E-state index in [1.165, 1.54) is 5.48 Å². The monoisotopic (exact) mass is 542 g/mol. The van der Waals surface area contributed by atoms with E-state index in [0.717, 1.165) is 15.7 Å². The number of nitro benzene ring substituents is 1. The number of amides is 1. The van der Waals surface area contributed by atoms with Crippen LogP contribution in [0.4, 0.5) is 32.8 Å². The first kappa shape index (κ1) is 21.7. The molecule has 0 radical (unpaired) electrons. The van der Waals surface area contributed by atoms with Crippen molar-refractivity contribution in [3.8, 4) is 0 Å². The number of nitro groups is 1. The van der Waals surface area contributed by atoms with Gasteiger partial charge < -0.3 is 10.6 Å². The van der Waals surface area contributed by atoms with E-state index in [2.05, 4.69) is 33.2 Å². The molecular formula is C19H13ClFIN4O4. The highest BCUT2D eigenvalue weighted by atomic mass is 127. The lowest BCUT2D eigenvalue weighted by atomic mass is 10.1. The first-order valence-corrected chi connectivity index (χ1v) is 9.75. The lowest BCUT2D eigenvalue weighted by Crippen LogP contribution is -2.19. The lowest BCUT2D eigenvalue weighted by molar-refractivity contribution is -0.384. The molecule has 0 saturated carbocycles. The Hall–Kier alpha value is -2.96. The molecule has 3 aromatic rings. The number of carbonyl (C=O) groups is 1. The minimum absolute atomic E-state index is 0.364. The summed E-state index contributed by atoms with van der Waals surface area (Å²) in [5.74, 6) is -2.09. The van der Waals surface area contributed by atoms with Crippen molar-refractivity contribution in [1.29, 1.82) is 0 Å². The first-order chi connectivity index (χ1) is 14.3. The summed E-state index contributed by atoms with van der Waals surface area (Å²) in [6.45, 7) is 0. The molecule has 3 rings (SSSR count). The van der Waals surface area contributed by atoms with Crippen LogP contribution in [0.25, 0.3) is 0 Å². The van der Waals surface area contributed by atoms with Crippen LogP contribution in [0.1, 0.15) is 10.4 Å². The zero-order valence-corrected chi connectivity index (χ0v) is 17.9. The predicted octanol–water partition coefficient (Wildman–Crippen LogP) is 5.60. The number of carbonyl (C=O) groups excluding carboxylic acids is 1. The highest BCUT2D eigenvalue weighted by Crippen LogP contribution is 2.33. The normalized spacial score (nSPS) is 10.4. The summed E-state index contributed by atoms with van der Waals surface area (Å²) >= 11 is 8.36. The van der Waals surface area contributed by atoms with Crippen LogP contribution in [0.3, 0.4) is 0 Å². The molecule has 1 amide bonds. The van der Waals surface area contributed by atoms with Crippen molar-refractivity contribution in [2.24, 2.45) is 0 Å². The van der Waals surface area contributed by atoms with E-state index in [1.54, 1.807) is 36.4 Å². The van der Waals surface area contributed by atoms with E-state index in [1.807, 2.05) is 6.07 Å². The quantitative estimate of drug-likeness (QED) is 0.139. The highest BCUT2D eigenvalue weighted by molar-refractivity contribution is 14.1. The molecule has 0 fully saturated rings. The number of benzene rings is 3. The van der Waals surface area contributed by atoms with Crippen LogP contribution in [0.2, 0.25) is 5.02 Å². The van der Waals surface area contributed by atoms with Crippen molar-refractivity contribution in [1.82, 2.24) is 5.48 Å². The molecule has 0 spiro atoms. The Morgan fingerprint density at radius 3 is 2.43 bits per heavy atom. The summed E-state index contributed by atoms with van der Waals surface area (Å²) in [6.07, 6.45) is 0. The molecule has 0 heterocycles. The summed E-state index contributed by atoms with van der Waals surface area (Å²) in [5.41, 5.74) is 1.48. The van der Waals surface area contributed by atoms with Gasteiger partial charge in [0.1, 0.15) is 0 Å². The standard InChI is InChI=1S/C19H13ClFIN4O4/c20-14-8-11(22)4-5-16(14)23-12-2-1-3-13(9-12)24-18-15(21)6-10(19(27)25-28)7-17(18)26(29)30/h1-9,23-24,28H,(H,25,27). The summed E-state index contributed by atoms with van der Waals surface area (Å²) in [7, 11) is 0. The Morgan fingerprint density at radius 1 is 1.10 bits per heavy atom. The van der Waals surface area contributed by atoms with Crippen LogP contribution in [0.15, 0.2) is 54.6 Å². The average molecular weight is 543 g/mol. The smallest absolute Gasteiger partial charge is 0.296 e. The number of hydrogen-bond acceptors (Lipinski definition) is 6. The third-order valence-electron chi connectivity index (χ3n) is 3.97. The number of hydroxylamine groups is 1. The Balaban J connectivity index is 1.92. The fourth-order valence-electron chi connectivity index (χ4n) is 2.62. The molecule has 0 aromatic heterocycles. The van der Waals surface area contributed by atoms with Crippen LogP contribution >= 0.6 is 34.2 Å². The van der Waals surface area contributed by atoms with Crippen LogP contribution in [0.5, 0.6) is 0 Å². The second kappa shape index (κ2) is 9.24. The molecule has 0 unspecified atom stereocenters. The first-order valence-electron chi connectivity index (χ1n) is 8.30. The van der Waals surface area contributed by atoms with Crippen molar-refractivity contribution >= 4 is 68.5 Å². The largest absolute Gasteiger partial charge is 0.354 e. The Kier molecular flexibility index (Phi) is 6.70. The molecule has 8 nitrogen and oxygen atoms in total. The van der Waals surface area contributed by atoms with Gasteiger partial charge >= 0.3 is 0 Å². The van der Waals surface area contributed by atoms with Crippen molar-refractivity contribution in [2.75, 3.05) is 10.6 Å². The molecule has 0 aliphatic rings. The van der Waals surface area contributed by atoms with Crippen molar-refractivity contribution in [2.45, 2.75) is 0 Å². The maximum absolute atomic E-state index is 14.5. The number of nitrogens with one attached hydrogen (secondary N) is 3. The van der Waals surface area contributed by atoms with Gasteiger partial charge in [0.05, 0.1) is 21.2 Å². The third kappa shape index (κ3) is 4.96. The lowest BCUT2D eigenvalue weighted by Gasteiger charge is -2.13. The second-order valence-electron chi connectivity index (χ2n) is 6.01. The van der Waals surface area contributed by atoms with Crippen LogP contribution in [-0.4, -0.2) is 16.0 Å². The van der Waals surface area contributed by atoms with Gasteiger partial charge in [0.15, 0.2) is 11.5 Å². The van der Waals surface area contributed by atoms with Gasteiger partial charge in [-0.3, -0.25) is 20.1 Å². The summed E-state index contributed by atoms with van der Waals surface area (Å²) < 4.78 is 15.5. The van der Waals surface area contributed by atoms with Gasteiger partial charge in [0.25, 0.3) is 11.6 Å². The van der Waals surface area contributed by atoms with E-state index in [0.29, 0.717) is 22.1 Å². The number of rotatable bonds is 6. The van der Waals surface area contributed by atoms with Gasteiger partial charge in [-0.15, -0.1) is 0 Å². The Labute approximate surface area is 188 Å². The van der Waals surface area contributed by atoms with E-state index in [9.17, 15) is 19.3 Å². The molecule has 3 aromatic carbocycles. The Bertz CT molecular complexity index is 1150. The summed E-state index contributed by atoms with van der Waals surface area (Å²) in [4.78, 5) is 22.0. The third-order valence-corrected chi connectivity index (χ3v) is 4.96. The molecule has 0 atom stereocenters. The van der Waals surface area contributed by atoms with Gasteiger partial charge in [-0.25, -0.2) is 9.87 Å². The zero-order valence-electron chi connectivity index (χ0n) is 14.9. The van der Waals surface area contributed by atoms with Crippen molar-refractivity contribution in [3.05, 3.63) is 84.7 Å². The number of nitrogens with zero attached hydrogens (tertiary/aromatic N) is 1. The number of halogens is 3. The van der Waals surface area contributed by atoms with Crippen molar-refractivity contribution < 1.29 is 19.3 Å². The maximum atomic E-state index is 14.5. The fourth-order valence-corrected chi connectivity index (χ4v) is 3.52. The van der Waals surface area contributed by atoms with Crippen molar-refractivity contribution in [3.63, 3.8) is 0 Å². The number of anilines is 4. The van der Waals surface area contributed by atoms with E-state index in [4.69, 9.17) is 16.8 Å². The molecule has 0 aliphatic carbocycles. The predicted molar refractivity (Wildman–Crippen MR) is 119 cm³/mol. The topological polar surface area (TPSA) is 117 Å². The molecule has 0 saturated heterocycles. The molecule has 154 valence electrons. The van der Waals surface area contributed by atoms with Gasteiger partial charge in [-0.05, 0) is 65.1 Å². The Morgan fingerprint density at radius 2 is 1.80 bits per heavy atom. The fraction of sp³-hybridized carbons (Fsp3) is 0. The average Bonchev–Trinajstić information content (AvgIpc) is 2.71. The molecule has 4 N–H and O–H groups in total. The zero-order chi connectivity index (χ0) is 21.8. The van der Waals surface area contributed by atoms with E-state index < -0.39 is 33.6 Å². The van der Waals surface area contributed by atoms with E-state index in [-0.39, 0.29) is 0 Å². The minimum atomic E-state index is -1.07. The van der Waals surface area contributed by atoms with Crippen LogP contribution in [0, 0.1) is 19.5 Å². The second-order valence-corrected chi connectivity index (χ2v) is 7.66. The van der Waals surface area contributed by atoms with E-state index >= 15 is 0 Å². The molecule has 0 bridgehead atoms.